The van der Waals surface area contributed by atoms with Crippen molar-refractivity contribution in [2.45, 2.75) is 12.5 Å². The smallest absolute Gasteiger partial charge is 0.406 e. The highest BCUT2D eigenvalue weighted by Gasteiger charge is 2.24. The molecular weight excluding hydrogens is 338 g/mol. The van der Waals surface area contributed by atoms with Crippen LogP contribution >= 0.6 is 15.9 Å². The van der Waals surface area contributed by atoms with Crippen LogP contribution in [0.1, 0.15) is 12.0 Å². The molecule has 0 saturated heterocycles. The van der Waals surface area contributed by atoms with Crippen LogP contribution in [0.25, 0.3) is 0 Å². The lowest BCUT2D eigenvalue weighted by molar-refractivity contribution is 0.0827. The molecule has 1 aromatic carbocycles. The number of methoxy groups -OCH3 is 1. The third-order valence-electron chi connectivity index (χ3n) is 2.71. The molecule has 0 spiro atoms. The summed E-state index contributed by atoms with van der Waals surface area (Å²) in [5.74, 6) is -1.42. The van der Waals surface area contributed by atoms with Crippen LogP contribution in [-0.4, -0.2) is 31.6 Å². The van der Waals surface area contributed by atoms with Crippen molar-refractivity contribution in [1.82, 2.24) is 5.32 Å². The summed E-state index contributed by atoms with van der Waals surface area (Å²) in [7, 11) is 1.25. The first kappa shape index (κ1) is 14.7. The zero-order valence-electron chi connectivity index (χ0n) is 10.5. The van der Waals surface area contributed by atoms with E-state index in [0.717, 1.165) is 0 Å². The summed E-state index contributed by atoms with van der Waals surface area (Å²) in [6, 6.07) is 2.34. The van der Waals surface area contributed by atoms with E-state index in [-0.39, 0.29) is 17.1 Å². The minimum absolute atomic E-state index is 0.196. The van der Waals surface area contributed by atoms with Crippen LogP contribution in [0.2, 0.25) is 0 Å². The summed E-state index contributed by atoms with van der Waals surface area (Å²) in [6.45, 7) is 0.196. The van der Waals surface area contributed by atoms with Crippen molar-refractivity contribution in [2.75, 3.05) is 13.7 Å². The second-order valence-electron chi connectivity index (χ2n) is 4.10. The molecule has 8 heteroatoms. The molecule has 0 aliphatic carbocycles. The van der Waals surface area contributed by atoms with Crippen LogP contribution in [0.15, 0.2) is 21.8 Å². The van der Waals surface area contributed by atoms with Crippen molar-refractivity contribution < 1.29 is 23.1 Å². The topological polar surface area (TPSA) is 59.9 Å². The van der Waals surface area contributed by atoms with Gasteiger partial charge in [0.2, 0.25) is 0 Å². The fourth-order valence-corrected chi connectivity index (χ4v) is 1.93. The Balaban J connectivity index is 2.01. The summed E-state index contributed by atoms with van der Waals surface area (Å²) in [6.07, 6.45) is -0.633. The lowest BCUT2D eigenvalue weighted by Crippen LogP contribution is -2.32. The van der Waals surface area contributed by atoms with Gasteiger partial charge in [0, 0.05) is 12.0 Å². The molecule has 1 aromatic rings. The number of benzene rings is 1. The SMILES string of the molecule is COC(=O)NC[C@H]1CC(c2cc(F)c(Br)c(F)c2)=NO1. The van der Waals surface area contributed by atoms with Gasteiger partial charge in [0.25, 0.3) is 0 Å². The number of hydrogen-bond acceptors (Lipinski definition) is 4. The molecule has 0 saturated carbocycles. The molecule has 1 N–H and O–H groups in total. The van der Waals surface area contributed by atoms with E-state index >= 15 is 0 Å². The van der Waals surface area contributed by atoms with Crippen molar-refractivity contribution in [1.29, 1.82) is 0 Å². The van der Waals surface area contributed by atoms with Gasteiger partial charge in [-0.15, -0.1) is 0 Å². The van der Waals surface area contributed by atoms with Crippen molar-refractivity contribution in [3.63, 3.8) is 0 Å². The van der Waals surface area contributed by atoms with Gasteiger partial charge in [0.05, 0.1) is 23.8 Å². The number of rotatable bonds is 3. The third-order valence-corrected chi connectivity index (χ3v) is 3.47. The first-order chi connectivity index (χ1) is 9.51. The monoisotopic (exact) mass is 348 g/mol. The van der Waals surface area contributed by atoms with E-state index in [1.54, 1.807) is 0 Å². The van der Waals surface area contributed by atoms with Gasteiger partial charge in [-0.3, -0.25) is 0 Å². The van der Waals surface area contributed by atoms with Gasteiger partial charge in [-0.1, -0.05) is 5.16 Å². The van der Waals surface area contributed by atoms with Crippen molar-refractivity contribution in [3.8, 4) is 0 Å². The van der Waals surface area contributed by atoms with Gasteiger partial charge >= 0.3 is 6.09 Å². The predicted molar refractivity (Wildman–Crippen MR) is 70.5 cm³/mol. The summed E-state index contributed by atoms with van der Waals surface area (Å²) < 4.78 is 31.1. The molecule has 0 bridgehead atoms. The van der Waals surface area contributed by atoms with E-state index in [1.807, 2.05) is 0 Å². The van der Waals surface area contributed by atoms with Crippen LogP contribution < -0.4 is 5.32 Å². The van der Waals surface area contributed by atoms with Gasteiger partial charge in [0.1, 0.15) is 11.6 Å². The van der Waals surface area contributed by atoms with Gasteiger partial charge in [-0.05, 0) is 28.1 Å². The van der Waals surface area contributed by atoms with Gasteiger partial charge in [-0.25, -0.2) is 13.6 Å². The fraction of sp³-hybridized carbons (Fsp3) is 0.333. The number of alkyl carbamates (subject to hydrolysis) is 1. The van der Waals surface area contributed by atoms with E-state index in [1.165, 1.54) is 19.2 Å². The van der Waals surface area contributed by atoms with Crippen LogP contribution in [0.3, 0.4) is 0 Å². The Morgan fingerprint density at radius 2 is 2.20 bits per heavy atom. The highest BCUT2D eigenvalue weighted by molar-refractivity contribution is 9.10. The quantitative estimate of drug-likeness (QED) is 0.854. The normalized spacial score (nSPS) is 17.4. The lowest BCUT2D eigenvalue weighted by atomic mass is 10.0. The molecule has 1 heterocycles. The Labute approximate surface area is 122 Å². The fourth-order valence-electron chi connectivity index (χ4n) is 1.70. The number of carbonyl (C=O) groups is 1. The maximum Gasteiger partial charge on any atom is 0.406 e. The number of halogens is 3. The lowest BCUT2D eigenvalue weighted by Gasteiger charge is -2.08. The maximum atomic E-state index is 13.4. The van der Waals surface area contributed by atoms with E-state index < -0.39 is 17.7 Å². The van der Waals surface area contributed by atoms with Gasteiger partial charge in [0.15, 0.2) is 6.10 Å². The molecule has 108 valence electrons. The zero-order chi connectivity index (χ0) is 14.7. The van der Waals surface area contributed by atoms with Crippen LogP contribution in [0.4, 0.5) is 13.6 Å². The summed E-state index contributed by atoms with van der Waals surface area (Å²) in [5.41, 5.74) is 0.732. The Hall–Kier alpha value is -1.70. The Morgan fingerprint density at radius 3 is 2.80 bits per heavy atom. The molecule has 1 atom stereocenters. The first-order valence-electron chi connectivity index (χ1n) is 5.70. The second kappa shape index (κ2) is 6.17. The molecule has 2 rings (SSSR count). The minimum atomic E-state index is -0.709. The Bertz CT molecular complexity index is 543. The van der Waals surface area contributed by atoms with Crippen LogP contribution in [-0.2, 0) is 9.57 Å². The Morgan fingerprint density at radius 1 is 1.55 bits per heavy atom. The summed E-state index contributed by atoms with van der Waals surface area (Å²) in [4.78, 5) is 16.0. The zero-order valence-corrected chi connectivity index (χ0v) is 12.0. The molecular formula is C12H11BrF2N2O3. The highest BCUT2D eigenvalue weighted by Crippen LogP contribution is 2.24. The highest BCUT2D eigenvalue weighted by atomic mass is 79.9. The van der Waals surface area contributed by atoms with Crippen LogP contribution in [0.5, 0.6) is 0 Å². The minimum Gasteiger partial charge on any atom is -0.453 e. The molecule has 0 aromatic heterocycles. The van der Waals surface area contributed by atoms with Crippen molar-refractivity contribution >= 4 is 27.7 Å². The molecule has 20 heavy (non-hydrogen) atoms. The van der Waals surface area contributed by atoms with Gasteiger partial charge in [-0.2, -0.15) is 0 Å². The molecule has 0 fully saturated rings. The van der Waals surface area contributed by atoms with Gasteiger partial charge < -0.3 is 14.9 Å². The second-order valence-corrected chi connectivity index (χ2v) is 4.89. The van der Waals surface area contributed by atoms with Crippen molar-refractivity contribution in [2.24, 2.45) is 5.16 Å². The molecule has 1 amide bonds. The Kier molecular flexibility index (Phi) is 4.53. The number of ether oxygens (including phenoxy) is 1. The number of hydrogen-bond donors (Lipinski definition) is 1. The number of oxime groups is 1. The van der Waals surface area contributed by atoms with Crippen molar-refractivity contribution in [3.05, 3.63) is 33.8 Å². The molecule has 0 unspecified atom stereocenters. The largest absolute Gasteiger partial charge is 0.453 e. The third kappa shape index (κ3) is 3.24. The standard InChI is InChI=1S/C12H11BrF2N2O3/c1-19-12(18)16-5-7-4-10(17-20-7)6-2-8(14)11(13)9(15)3-6/h2-3,7H,4-5H2,1H3,(H,16,18)/t7-/m1/s1. The van der Waals surface area contributed by atoms with E-state index in [9.17, 15) is 13.6 Å². The summed E-state index contributed by atoms with van der Waals surface area (Å²) >= 11 is 2.80. The number of carbonyl (C=O) groups excluding carboxylic acids is 1. The van der Waals surface area contributed by atoms with E-state index in [4.69, 9.17) is 4.84 Å². The number of nitrogens with one attached hydrogen (secondary N) is 1. The van der Waals surface area contributed by atoms with Crippen LogP contribution in [0, 0.1) is 11.6 Å². The number of amides is 1. The molecule has 1 aliphatic rings. The van der Waals surface area contributed by atoms with E-state index in [0.29, 0.717) is 17.7 Å². The summed E-state index contributed by atoms with van der Waals surface area (Å²) in [5, 5.41) is 6.24. The number of nitrogens with zero attached hydrogens (tertiary/aromatic N) is 1. The maximum absolute atomic E-state index is 13.4. The van der Waals surface area contributed by atoms with E-state index in [2.05, 4.69) is 31.1 Å². The molecule has 0 radical (unpaired) electrons. The molecule has 1 aliphatic heterocycles. The molecule has 5 nitrogen and oxygen atoms in total. The first-order valence-corrected chi connectivity index (χ1v) is 6.50. The predicted octanol–water partition coefficient (Wildman–Crippen LogP) is 2.58. The average molecular weight is 349 g/mol. The average Bonchev–Trinajstić information content (AvgIpc) is 2.90.